The average molecular weight is 374 g/mol. The second-order valence-corrected chi connectivity index (χ2v) is 9.67. The molecule has 7 heteroatoms. The number of anilines is 2. The molecule has 25 heavy (non-hydrogen) atoms. The average Bonchev–Trinajstić information content (AvgIpc) is 2.96. The molecule has 0 bridgehead atoms. The molecule has 1 saturated heterocycles. The van der Waals surface area contributed by atoms with Crippen LogP contribution in [-0.4, -0.2) is 31.7 Å². The van der Waals surface area contributed by atoms with Gasteiger partial charge in [0.2, 0.25) is 0 Å². The summed E-state index contributed by atoms with van der Waals surface area (Å²) in [5, 5.41) is 7.87. The van der Waals surface area contributed by atoms with Crippen LogP contribution in [0.15, 0.2) is 57.4 Å². The van der Waals surface area contributed by atoms with Gasteiger partial charge in [0.1, 0.15) is 0 Å². The van der Waals surface area contributed by atoms with Gasteiger partial charge in [0.25, 0.3) is 0 Å². The molecule has 2 N–H and O–H groups in total. The van der Waals surface area contributed by atoms with Crippen LogP contribution in [0.4, 0.5) is 11.4 Å². The third-order valence-electron chi connectivity index (χ3n) is 4.42. The van der Waals surface area contributed by atoms with E-state index in [0.29, 0.717) is 6.42 Å². The molecule has 1 fully saturated rings. The van der Waals surface area contributed by atoms with Gasteiger partial charge in [-0.15, -0.1) is 0 Å². The first-order valence-corrected chi connectivity index (χ1v) is 10.8. The fraction of sp³-hybridized carbons (Fsp3) is 0.278. The predicted molar refractivity (Wildman–Crippen MR) is 103 cm³/mol. The van der Waals surface area contributed by atoms with Crippen LogP contribution in [-0.2, 0) is 9.84 Å². The van der Waals surface area contributed by atoms with E-state index in [4.69, 9.17) is 0 Å². The van der Waals surface area contributed by atoms with Crippen molar-refractivity contribution in [2.75, 3.05) is 16.8 Å². The molecule has 0 radical (unpaired) electrons. The van der Waals surface area contributed by atoms with Gasteiger partial charge in [0, 0.05) is 9.79 Å². The van der Waals surface area contributed by atoms with E-state index >= 15 is 0 Å². The topological polar surface area (TPSA) is 70.6 Å². The number of hydrazone groups is 1. The van der Waals surface area contributed by atoms with Gasteiger partial charge in [-0.1, -0.05) is 30.0 Å². The molecule has 0 spiro atoms. The van der Waals surface area contributed by atoms with Crippen LogP contribution in [0.3, 0.4) is 0 Å². The van der Waals surface area contributed by atoms with Crippen molar-refractivity contribution in [3.8, 4) is 0 Å². The third-order valence-corrected chi connectivity index (χ3v) is 7.34. The quantitative estimate of drug-likeness (QED) is 0.544. The molecule has 1 atom stereocenters. The van der Waals surface area contributed by atoms with Gasteiger partial charge in [-0.05, 0) is 43.2 Å². The summed E-state index contributed by atoms with van der Waals surface area (Å²) in [5.74, 6) is 0.418. The highest BCUT2D eigenvalue weighted by molar-refractivity contribution is 7.99. The molecule has 0 amide bonds. The summed E-state index contributed by atoms with van der Waals surface area (Å²) < 4.78 is 23.0. The Bertz CT molecular complexity index is 955. The maximum absolute atomic E-state index is 11.5. The van der Waals surface area contributed by atoms with Crippen LogP contribution in [0.1, 0.15) is 18.9 Å². The molecule has 0 aliphatic carbocycles. The first-order chi connectivity index (χ1) is 12.0. The van der Waals surface area contributed by atoms with Crippen molar-refractivity contribution in [2.24, 2.45) is 5.10 Å². The lowest BCUT2D eigenvalue weighted by atomic mass is 10.1. The van der Waals surface area contributed by atoms with Gasteiger partial charge in [-0.25, -0.2) is 8.42 Å². The monoisotopic (exact) mass is 373 g/mol. The predicted octanol–water partition coefficient (Wildman–Crippen LogP) is 3.40. The van der Waals surface area contributed by atoms with Crippen molar-refractivity contribution in [3.63, 3.8) is 0 Å². The van der Waals surface area contributed by atoms with Crippen LogP contribution in [0, 0.1) is 0 Å². The normalized spacial score (nSPS) is 21.2. The summed E-state index contributed by atoms with van der Waals surface area (Å²) in [6, 6.07) is 14.4. The highest BCUT2D eigenvalue weighted by Gasteiger charge is 2.27. The molecular weight excluding hydrogens is 354 g/mol. The molecule has 0 unspecified atom stereocenters. The minimum atomic E-state index is -2.89. The minimum absolute atomic E-state index is 0.0851. The van der Waals surface area contributed by atoms with Gasteiger partial charge in [0.15, 0.2) is 9.84 Å². The Hall–Kier alpha value is -1.99. The fourth-order valence-corrected chi connectivity index (χ4v) is 5.65. The van der Waals surface area contributed by atoms with E-state index in [0.717, 1.165) is 22.6 Å². The van der Waals surface area contributed by atoms with Gasteiger partial charge >= 0.3 is 0 Å². The summed E-state index contributed by atoms with van der Waals surface area (Å²) in [4.78, 5) is 2.40. The molecule has 5 nitrogen and oxygen atoms in total. The fourth-order valence-electron chi connectivity index (χ4n) is 3.01. The summed E-state index contributed by atoms with van der Waals surface area (Å²) in [5.41, 5.74) is 7.05. The summed E-state index contributed by atoms with van der Waals surface area (Å²) in [7, 11) is -2.89. The van der Waals surface area contributed by atoms with Crippen molar-refractivity contribution < 1.29 is 8.42 Å². The van der Waals surface area contributed by atoms with Crippen LogP contribution in [0.25, 0.3) is 0 Å². The van der Waals surface area contributed by atoms with E-state index < -0.39 is 9.84 Å². The Morgan fingerprint density at radius 3 is 2.80 bits per heavy atom. The van der Waals surface area contributed by atoms with Crippen molar-refractivity contribution in [1.82, 2.24) is 5.43 Å². The van der Waals surface area contributed by atoms with Crippen molar-refractivity contribution in [2.45, 2.75) is 29.2 Å². The van der Waals surface area contributed by atoms with Crippen LogP contribution in [0.2, 0.25) is 0 Å². The van der Waals surface area contributed by atoms with Crippen LogP contribution >= 0.6 is 11.8 Å². The third kappa shape index (κ3) is 3.52. The summed E-state index contributed by atoms with van der Waals surface area (Å²) in [6.07, 6.45) is 0.623. The van der Waals surface area contributed by atoms with Crippen molar-refractivity contribution >= 4 is 38.7 Å². The lowest BCUT2D eigenvalue weighted by Gasteiger charge is -2.21. The zero-order valence-corrected chi connectivity index (χ0v) is 15.5. The Morgan fingerprint density at radius 1 is 1.20 bits per heavy atom. The SMILES string of the molecule is C/C(=N/N[C@H]1CCS(=O)(=O)C1)c1ccc2c(c1)Nc1ccccc1S2. The number of benzene rings is 2. The van der Waals surface area contributed by atoms with E-state index in [1.54, 1.807) is 11.8 Å². The molecule has 2 aromatic carbocycles. The number of rotatable bonds is 3. The largest absolute Gasteiger partial charge is 0.354 e. The standard InChI is InChI=1S/C18H19N3O2S2/c1-12(20-21-14-8-9-25(22,23)11-14)13-6-7-18-16(10-13)19-15-4-2-3-5-17(15)24-18/h2-7,10,14,19,21H,8-9,11H2,1H3/b20-12-/t14-/m0/s1. The van der Waals surface area contributed by atoms with Crippen LogP contribution < -0.4 is 10.7 Å². The van der Waals surface area contributed by atoms with Crippen LogP contribution in [0.5, 0.6) is 0 Å². The highest BCUT2D eigenvalue weighted by Crippen LogP contribution is 2.44. The first kappa shape index (κ1) is 16.5. The minimum Gasteiger partial charge on any atom is -0.354 e. The Morgan fingerprint density at radius 2 is 2.00 bits per heavy atom. The molecule has 4 rings (SSSR count). The molecule has 2 aliphatic heterocycles. The Kier molecular flexibility index (Phi) is 4.21. The van der Waals surface area contributed by atoms with Gasteiger partial charge in [-0.3, -0.25) is 0 Å². The lowest BCUT2D eigenvalue weighted by Crippen LogP contribution is -2.26. The zero-order valence-electron chi connectivity index (χ0n) is 13.8. The number of hydrogen-bond donors (Lipinski definition) is 2. The molecule has 2 aromatic rings. The number of fused-ring (bicyclic) bond motifs is 2. The van der Waals surface area contributed by atoms with Gasteiger partial charge in [0.05, 0.1) is 34.6 Å². The van der Waals surface area contributed by atoms with E-state index in [9.17, 15) is 8.42 Å². The molecule has 0 aromatic heterocycles. The van der Waals surface area contributed by atoms with Crippen molar-refractivity contribution in [1.29, 1.82) is 0 Å². The van der Waals surface area contributed by atoms with Gasteiger partial charge in [-0.2, -0.15) is 5.10 Å². The van der Waals surface area contributed by atoms with Crippen molar-refractivity contribution in [3.05, 3.63) is 48.0 Å². The molecule has 130 valence electrons. The number of para-hydroxylation sites is 1. The molecular formula is C18H19N3O2S2. The smallest absolute Gasteiger partial charge is 0.152 e. The molecule has 2 aliphatic rings. The number of hydrogen-bond acceptors (Lipinski definition) is 6. The number of sulfone groups is 1. The zero-order chi connectivity index (χ0) is 17.4. The maximum Gasteiger partial charge on any atom is 0.152 e. The Balaban J connectivity index is 1.51. The lowest BCUT2D eigenvalue weighted by molar-refractivity contribution is 0.577. The second-order valence-electron chi connectivity index (χ2n) is 6.36. The van der Waals surface area contributed by atoms with E-state index in [2.05, 4.69) is 40.1 Å². The first-order valence-electron chi connectivity index (χ1n) is 8.19. The van der Waals surface area contributed by atoms with Gasteiger partial charge < -0.3 is 10.7 Å². The molecule has 2 heterocycles. The van der Waals surface area contributed by atoms with E-state index in [1.165, 1.54) is 9.79 Å². The van der Waals surface area contributed by atoms with E-state index in [1.807, 2.05) is 25.1 Å². The highest BCUT2D eigenvalue weighted by atomic mass is 32.2. The second kappa shape index (κ2) is 6.38. The summed E-state index contributed by atoms with van der Waals surface area (Å²) >= 11 is 1.75. The van der Waals surface area contributed by atoms with E-state index in [-0.39, 0.29) is 17.5 Å². The number of nitrogens with one attached hydrogen (secondary N) is 2. The Labute approximate surface area is 151 Å². The maximum atomic E-state index is 11.5. The summed E-state index contributed by atoms with van der Waals surface area (Å²) in [6.45, 7) is 1.93. The molecule has 0 saturated carbocycles. The number of nitrogens with zero attached hydrogens (tertiary/aromatic N) is 1.